The molecule has 0 bridgehead atoms. The van der Waals surface area contributed by atoms with Crippen LogP contribution in [-0.4, -0.2) is 0 Å². The lowest BCUT2D eigenvalue weighted by molar-refractivity contribution is 0.625. The molecule has 1 aromatic heterocycles. The third kappa shape index (κ3) is 1.45. The van der Waals surface area contributed by atoms with Crippen LogP contribution in [0, 0.1) is 5.82 Å². The van der Waals surface area contributed by atoms with E-state index in [9.17, 15) is 4.39 Å². The van der Waals surface area contributed by atoms with Crippen LogP contribution in [0.1, 0.15) is 5.56 Å². The molecule has 0 spiro atoms. The Morgan fingerprint density at radius 1 is 1.54 bits per heavy atom. The van der Waals surface area contributed by atoms with E-state index < -0.39 is 0 Å². The zero-order chi connectivity index (χ0) is 9.42. The van der Waals surface area contributed by atoms with E-state index in [1.54, 1.807) is 6.07 Å². The molecule has 0 radical (unpaired) electrons. The van der Waals surface area contributed by atoms with E-state index in [-0.39, 0.29) is 11.7 Å². The summed E-state index contributed by atoms with van der Waals surface area (Å²) in [4.78, 5) is 0.627. The molecule has 2 rings (SSSR count). The molecule has 2 aromatic rings. The molecule has 0 aliphatic heterocycles. The first-order valence-electron chi connectivity index (χ1n) is 3.67. The van der Waals surface area contributed by atoms with Crippen molar-refractivity contribution < 1.29 is 4.39 Å². The molecule has 1 heterocycles. The number of halogens is 2. The van der Waals surface area contributed by atoms with E-state index in [1.807, 2.05) is 11.4 Å². The first-order valence-corrected chi connectivity index (χ1v) is 5.53. The van der Waals surface area contributed by atoms with E-state index in [1.165, 1.54) is 11.3 Å². The van der Waals surface area contributed by atoms with Crippen molar-refractivity contribution in [2.75, 3.05) is 0 Å². The first kappa shape index (κ1) is 9.31. The maximum absolute atomic E-state index is 13.6. The molecule has 0 fully saturated rings. The van der Waals surface area contributed by atoms with Crippen LogP contribution < -0.4 is 0 Å². The Bertz CT molecular complexity index is 450. The molecule has 0 saturated carbocycles. The number of thiol groups is 1. The Labute approximate surface area is 89.7 Å². The van der Waals surface area contributed by atoms with Gasteiger partial charge in [-0.3, -0.25) is 0 Å². The average molecular weight is 233 g/mol. The van der Waals surface area contributed by atoms with Crippen molar-refractivity contribution in [2.45, 2.75) is 10.8 Å². The SMILES string of the molecule is Fc1c(CCl)c(S)cc2sccc12. The Morgan fingerprint density at radius 2 is 2.31 bits per heavy atom. The third-order valence-electron chi connectivity index (χ3n) is 1.91. The topological polar surface area (TPSA) is 0 Å². The molecule has 0 saturated heterocycles. The molecular weight excluding hydrogens is 227 g/mol. The number of thiophene rings is 1. The highest BCUT2D eigenvalue weighted by atomic mass is 35.5. The van der Waals surface area contributed by atoms with Gasteiger partial charge in [0.2, 0.25) is 0 Å². The highest BCUT2D eigenvalue weighted by molar-refractivity contribution is 7.80. The quantitative estimate of drug-likeness (QED) is 0.556. The van der Waals surface area contributed by atoms with Gasteiger partial charge in [0.05, 0.1) is 5.88 Å². The zero-order valence-electron chi connectivity index (χ0n) is 6.55. The van der Waals surface area contributed by atoms with Gasteiger partial charge in [-0.15, -0.1) is 35.6 Å². The van der Waals surface area contributed by atoms with E-state index in [2.05, 4.69) is 12.6 Å². The minimum atomic E-state index is -0.237. The summed E-state index contributed by atoms with van der Waals surface area (Å²) in [6.07, 6.45) is 0. The molecule has 0 atom stereocenters. The van der Waals surface area contributed by atoms with Crippen molar-refractivity contribution in [3.63, 3.8) is 0 Å². The molecule has 68 valence electrons. The van der Waals surface area contributed by atoms with Crippen LogP contribution in [0.5, 0.6) is 0 Å². The molecular formula is C9H6ClFS2. The van der Waals surface area contributed by atoms with E-state index in [0.717, 1.165) is 4.70 Å². The fourth-order valence-electron chi connectivity index (χ4n) is 1.23. The van der Waals surface area contributed by atoms with Crippen LogP contribution in [0.4, 0.5) is 4.39 Å². The first-order chi connectivity index (χ1) is 6.24. The minimum absolute atomic E-state index is 0.163. The summed E-state index contributed by atoms with van der Waals surface area (Å²) in [6, 6.07) is 3.61. The van der Waals surface area contributed by atoms with Gasteiger partial charge in [-0.1, -0.05) is 0 Å². The normalized spacial score (nSPS) is 11.0. The molecule has 0 amide bonds. The number of rotatable bonds is 1. The van der Waals surface area contributed by atoms with E-state index in [0.29, 0.717) is 15.8 Å². The average Bonchev–Trinajstić information content (AvgIpc) is 2.53. The summed E-state index contributed by atoms with van der Waals surface area (Å²) in [5, 5.41) is 2.50. The molecule has 1 aromatic carbocycles. The van der Waals surface area contributed by atoms with Crippen molar-refractivity contribution in [1.29, 1.82) is 0 Å². The van der Waals surface area contributed by atoms with Crippen LogP contribution in [0.2, 0.25) is 0 Å². The van der Waals surface area contributed by atoms with Crippen LogP contribution in [-0.2, 0) is 5.88 Å². The van der Waals surface area contributed by atoms with Gasteiger partial charge in [-0.2, -0.15) is 0 Å². The third-order valence-corrected chi connectivity index (χ3v) is 3.44. The Balaban J connectivity index is 2.85. The number of benzene rings is 1. The predicted octanol–water partition coefficient (Wildman–Crippen LogP) is 4.07. The van der Waals surface area contributed by atoms with Crippen molar-refractivity contribution in [2.24, 2.45) is 0 Å². The molecule has 0 unspecified atom stereocenters. The monoisotopic (exact) mass is 232 g/mol. The van der Waals surface area contributed by atoms with Gasteiger partial charge in [0.15, 0.2) is 0 Å². The van der Waals surface area contributed by atoms with Gasteiger partial charge < -0.3 is 0 Å². The highest BCUT2D eigenvalue weighted by Gasteiger charge is 2.10. The fourth-order valence-corrected chi connectivity index (χ4v) is 2.80. The van der Waals surface area contributed by atoms with Crippen LogP contribution >= 0.6 is 35.6 Å². The predicted molar refractivity (Wildman–Crippen MR) is 58.6 cm³/mol. The van der Waals surface area contributed by atoms with Crippen molar-refractivity contribution in [3.8, 4) is 0 Å². The smallest absolute Gasteiger partial charge is 0.137 e. The molecule has 0 aliphatic carbocycles. The second-order valence-electron chi connectivity index (χ2n) is 2.65. The summed E-state index contributed by atoms with van der Waals surface area (Å²) >= 11 is 11.3. The summed E-state index contributed by atoms with van der Waals surface area (Å²) in [5.74, 6) is -0.0741. The van der Waals surface area contributed by atoms with Crippen LogP contribution in [0.15, 0.2) is 22.4 Å². The lowest BCUT2D eigenvalue weighted by Crippen LogP contribution is -1.88. The molecule has 0 aliphatic rings. The second kappa shape index (κ2) is 3.48. The lowest BCUT2D eigenvalue weighted by atomic mass is 10.2. The summed E-state index contributed by atoms with van der Waals surface area (Å²) in [6.45, 7) is 0. The van der Waals surface area contributed by atoms with Crippen molar-refractivity contribution in [3.05, 3.63) is 28.9 Å². The van der Waals surface area contributed by atoms with Gasteiger partial charge in [0.25, 0.3) is 0 Å². The van der Waals surface area contributed by atoms with Gasteiger partial charge in [-0.25, -0.2) is 4.39 Å². The summed E-state index contributed by atoms with van der Waals surface area (Å²) in [5.41, 5.74) is 0.482. The van der Waals surface area contributed by atoms with Crippen molar-refractivity contribution in [1.82, 2.24) is 0 Å². The number of hydrogen-bond donors (Lipinski definition) is 1. The lowest BCUT2D eigenvalue weighted by Gasteiger charge is -2.03. The molecule has 13 heavy (non-hydrogen) atoms. The molecule has 0 nitrogen and oxygen atoms in total. The second-order valence-corrected chi connectivity index (χ2v) is 4.35. The van der Waals surface area contributed by atoms with Gasteiger partial charge in [0, 0.05) is 20.5 Å². The molecule has 0 N–H and O–H groups in total. The van der Waals surface area contributed by atoms with Gasteiger partial charge in [0.1, 0.15) is 5.82 Å². The number of alkyl halides is 1. The summed E-state index contributed by atoms with van der Waals surface area (Å²) < 4.78 is 14.6. The number of fused-ring (bicyclic) bond motifs is 1. The number of hydrogen-bond acceptors (Lipinski definition) is 2. The highest BCUT2D eigenvalue weighted by Crippen LogP contribution is 2.31. The van der Waals surface area contributed by atoms with Crippen molar-refractivity contribution >= 4 is 45.7 Å². The fraction of sp³-hybridized carbons (Fsp3) is 0.111. The summed E-state index contributed by atoms with van der Waals surface area (Å²) in [7, 11) is 0. The van der Waals surface area contributed by atoms with E-state index >= 15 is 0 Å². The Kier molecular flexibility index (Phi) is 2.49. The van der Waals surface area contributed by atoms with Gasteiger partial charge >= 0.3 is 0 Å². The maximum Gasteiger partial charge on any atom is 0.137 e. The maximum atomic E-state index is 13.6. The van der Waals surface area contributed by atoms with Crippen LogP contribution in [0.25, 0.3) is 10.1 Å². The van der Waals surface area contributed by atoms with Gasteiger partial charge in [-0.05, 0) is 17.5 Å². The van der Waals surface area contributed by atoms with E-state index in [4.69, 9.17) is 11.6 Å². The Morgan fingerprint density at radius 3 is 3.00 bits per heavy atom. The Hall–Kier alpha value is -0.250. The largest absolute Gasteiger partial charge is 0.206 e. The standard InChI is InChI=1S/C9H6ClFS2/c10-4-6-7(12)3-8-5(9(6)11)1-2-13-8/h1-3,12H,4H2. The van der Waals surface area contributed by atoms with Crippen LogP contribution in [0.3, 0.4) is 0 Å². The zero-order valence-corrected chi connectivity index (χ0v) is 9.02. The minimum Gasteiger partial charge on any atom is -0.206 e. The molecule has 4 heteroatoms.